The first-order valence-electron chi connectivity index (χ1n) is 5.01. The van der Waals surface area contributed by atoms with Gasteiger partial charge in [0.25, 0.3) is 0 Å². The maximum Gasteiger partial charge on any atom is 0.0271 e. The fraction of sp³-hybridized carbons (Fsp3) is 0.545. The third-order valence-electron chi connectivity index (χ3n) is 2.17. The van der Waals surface area contributed by atoms with Crippen LogP contribution < -0.4 is 5.73 Å². The van der Waals surface area contributed by atoms with Crippen molar-refractivity contribution in [3.05, 3.63) is 30.1 Å². The Balaban J connectivity index is 2.30. The standard InChI is InChI=1S/C11H19N3/c1-10(12)5-8-14(2)9-11-3-6-13-7-4-11/h3-4,6-7,10H,5,8-9,12H2,1-2H3. The Morgan fingerprint density at radius 1 is 1.43 bits per heavy atom. The lowest BCUT2D eigenvalue weighted by molar-refractivity contribution is 0.313. The van der Waals surface area contributed by atoms with E-state index in [1.807, 2.05) is 31.5 Å². The predicted octanol–water partition coefficient (Wildman–Crippen LogP) is 1.25. The fourth-order valence-electron chi connectivity index (χ4n) is 1.30. The van der Waals surface area contributed by atoms with Gasteiger partial charge in [0.1, 0.15) is 0 Å². The molecule has 1 atom stereocenters. The van der Waals surface area contributed by atoms with Crippen LogP contribution in [0.1, 0.15) is 18.9 Å². The van der Waals surface area contributed by atoms with Crippen LogP contribution in [0.3, 0.4) is 0 Å². The topological polar surface area (TPSA) is 42.1 Å². The van der Waals surface area contributed by atoms with Crippen LogP contribution in [0.5, 0.6) is 0 Å². The van der Waals surface area contributed by atoms with Gasteiger partial charge in [0, 0.05) is 25.0 Å². The Labute approximate surface area is 85.9 Å². The predicted molar refractivity (Wildman–Crippen MR) is 58.8 cm³/mol. The number of hydrogen-bond acceptors (Lipinski definition) is 3. The molecule has 3 heteroatoms. The van der Waals surface area contributed by atoms with Crippen molar-refractivity contribution in [1.29, 1.82) is 0 Å². The summed E-state index contributed by atoms with van der Waals surface area (Å²) in [4.78, 5) is 6.26. The largest absolute Gasteiger partial charge is 0.328 e. The summed E-state index contributed by atoms with van der Waals surface area (Å²) in [5, 5.41) is 0. The van der Waals surface area contributed by atoms with Crippen molar-refractivity contribution >= 4 is 0 Å². The van der Waals surface area contributed by atoms with E-state index in [1.165, 1.54) is 5.56 Å². The van der Waals surface area contributed by atoms with Crippen LogP contribution in [-0.2, 0) is 6.54 Å². The van der Waals surface area contributed by atoms with Crippen LogP contribution in [0.4, 0.5) is 0 Å². The zero-order valence-electron chi connectivity index (χ0n) is 8.98. The highest BCUT2D eigenvalue weighted by atomic mass is 15.1. The van der Waals surface area contributed by atoms with Crippen LogP contribution in [0.25, 0.3) is 0 Å². The molecule has 0 saturated heterocycles. The molecule has 0 aliphatic carbocycles. The molecule has 1 rings (SSSR count). The Kier molecular flexibility index (Phi) is 4.56. The van der Waals surface area contributed by atoms with Gasteiger partial charge in [-0.3, -0.25) is 4.98 Å². The second kappa shape index (κ2) is 5.73. The van der Waals surface area contributed by atoms with Gasteiger partial charge in [-0.05, 0) is 44.6 Å². The number of rotatable bonds is 5. The minimum atomic E-state index is 0.287. The van der Waals surface area contributed by atoms with Crippen molar-refractivity contribution in [2.75, 3.05) is 13.6 Å². The second-order valence-electron chi connectivity index (χ2n) is 3.86. The Bertz CT molecular complexity index is 246. The third-order valence-corrected chi connectivity index (χ3v) is 2.17. The van der Waals surface area contributed by atoms with E-state index in [0.29, 0.717) is 0 Å². The number of aromatic nitrogens is 1. The van der Waals surface area contributed by atoms with Gasteiger partial charge in [0.05, 0.1) is 0 Å². The first kappa shape index (κ1) is 11.1. The summed E-state index contributed by atoms with van der Waals surface area (Å²) in [5.41, 5.74) is 7.00. The van der Waals surface area contributed by atoms with E-state index in [1.54, 1.807) is 0 Å². The molecular weight excluding hydrogens is 174 g/mol. The Morgan fingerprint density at radius 3 is 2.64 bits per heavy atom. The van der Waals surface area contributed by atoms with Crippen molar-refractivity contribution in [2.45, 2.75) is 25.9 Å². The molecule has 78 valence electrons. The van der Waals surface area contributed by atoms with Crippen LogP contribution in [-0.4, -0.2) is 29.5 Å². The molecule has 14 heavy (non-hydrogen) atoms. The number of pyridine rings is 1. The summed E-state index contributed by atoms with van der Waals surface area (Å²) in [6, 6.07) is 4.37. The van der Waals surface area contributed by atoms with E-state index in [9.17, 15) is 0 Å². The van der Waals surface area contributed by atoms with Crippen LogP contribution in [0, 0.1) is 0 Å². The van der Waals surface area contributed by atoms with Crippen molar-refractivity contribution in [2.24, 2.45) is 5.73 Å². The quantitative estimate of drug-likeness (QED) is 0.765. The molecule has 0 amide bonds. The first-order valence-corrected chi connectivity index (χ1v) is 5.01. The Hall–Kier alpha value is -0.930. The van der Waals surface area contributed by atoms with Crippen LogP contribution in [0.15, 0.2) is 24.5 Å². The van der Waals surface area contributed by atoms with Crippen molar-refractivity contribution < 1.29 is 0 Å². The highest BCUT2D eigenvalue weighted by molar-refractivity contribution is 5.09. The zero-order valence-corrected chi connectivity index (χ0v) is 8.98. The normalized spacial score (nSPS) is 13.1. The minimum absolute atomic E-state index is 0.287. The minimum Gasteiger partial charge on any atom is -0.328 e. The van der Waals surface area contributed by atoms with Crippen molar-refractivity contribution in [1.82, 2.24) is 9.88 Å². The van der Waals surface area contributed by atoms with Gasteiger partial charge >= 0.3 is 0 Å². The molecule has 0 saturated carbocycles. The van der Waals surface area contributed by atoms with Gasteiger partial charge in [0.15, 0.2) is 0 Å². The van der Waals surface area contributed by atoms with Crippen molar-refractivity contribution in [3.8, 4) is 0 Å². The lowest BCUT2D eigenvalue weighted by Gasteiger charge is -2.17. The van der Waals surface area contributed by atoms with Crippen LogP contribution >= 0.6 is 0 Å². The monoisotopic (exact) mass is 193 g/mol. The highest BCUT2D eigenvalue weighted by Crippen LogP contribution is 2.01. The molecule has 0 aliphatic rings. The lowest BCUT2D eigenvalue weighted by Crippen LogP contribution is -2.25. The maximum absolute atomic E-state index is 5.70. The molecule has 2 N–H and O–H groups in total. The van der Waals surface area contributed by atoms with E-state index >= 15 is 0 Å². The maximum atomic E-state index is 5.70. The molecule has 0 spiro atoms. The summed E-state index contributed by atoms with van der Waals surface area (Å²) >= 11 is 0. The molecule has 0 aliphatic heterocycles. The summed E-state index contributed by atoms with van der Waals surface area (Å²) in [6.45, 7) is 4.05. The van der Waals surface area contributed by atoms with E-state index in [0.717, 1.165) is 19.5 Å². The molecule has 3 nitrogen and oxygen atoms in total. The van der Waals surface area contributed by atoms with E-state index in [2.05, 4.69) is 16.9 Å². The van der Waals surface area contributed by atoms with Gasteiger partial charge in [-0.25, -0.2) is 0 Å². The van der Waals surface area contributed by atoms with E-state index in [4.69, 9.17) is 5.73 Å². The molecule has 1 unspecified atom stereocenters. The summed E-state index contributed by atoms with van der Waals surface area (Å²) in [5.74, 6) is 0. The van der Waals surface area contributed by atoms with E-state index in [-0.39, 0.29) is 6.04 Å². The number of hydrogen-bond donors (Lipinski definition) is 1. The Morgan fingerprint density at radius 2 is 2.07 bits per heavy atom. The number of nitrogens with two attached hydrogens (primary N) is 1. The van der Waals surface area contributed by atoms with E-state index < -0.39 is 0 Å². The zero-order chi connectivity index (χ0) is 10.4. The van der Waals surface area contributed by atoms with Gasteiger partial charge in [0.2, 0.25) is 0 Å². The molecule has 0 bridgehead atoms. The third kappa shape index (κ3) is 4.35. The summed E-state index contributed by atoms with van der Waals surface area (Å²) in [6.07, 6.45) is 4.70. The summed E-state index contributed by atoms with van der Waals surface area (Å²) < 4.78 is 0. The van der Waals surface area contributed by atoms with Gasteiger partial charge < -0.3 is 10.6 Å². The van der Waals surface area contributed by atoms with Crippen LogP contribution in [0.2, 0.25) is 0 Å². The molecule has 1 aromatic heterocycles. The summed E-state index contributed by atoms with van der Waals surface area (Å²) in [7, 11) is 2.11. The second-order valence-corrected chi connectivity index (χ2v) is 3.86. The van der Waals surface area contributed by atoms with Crippen molar-refractivity contribution in [3.63, 3.8) is 0 Å². The van der Waals surface area contributed by atoms with Gasteiger partial charge in [-0.2, -0.15) is 0 Å². The average molecular weight is 193 g/mol. The molecule has 0 fully saturated rings. The average Bonchev–Trinajstić information content (AvgIpc) is 2.16. The molecule has 0 aromatic carbocycles. The smallest absolute Gasteiger partial charge is 0.0271 e. The molecule has 1 heterocycles. The van der Waals surface area contributed by atoms with Gasteiger partial charge in [-0.15, -0.1) is 0 Å². The van der Waals surface area contributed by atoms with Gasteiger partial charge in [-0.1, -0.05) is 0 Å². The molecular formula is C11H19N3. The first-order chi connectivity index (χ1) is 6.68. The highest BCUT2D eigenvalue weighted by Gasteiger charge is 2.01. The SMILES string of the molecule is CC(N)CCN(C)Cc1ccncc1. The lowest BCUT2D eigenvalue weighted by atomic mass is 10.2. The fourth-order valence-corrected chi connectivity index (χ4v) is 1.30. The molecule has 1 aromatic rings. The molecule has 0 radical (unpaired) electrons. The number of nitrogens with zero attached hydrogens (tertiary/aromatic N) is 2.